The summed E-state index contributed by atoms with van der Waals surface area (Å²) in [6.45, 7) is 6.30. The molecular weight excluding hydrogens is 224 g/mol. The summed E-state index contributed by atoms with van der Waals surface area (Å²) < 4.78 is 0. The molecule has 1 N–H and O–H groups in total. The summed E-state index contributed by atoms with van der Waals surface area (Å²) in [4.78, 5) is 14.0. The van der Waals surface area contributed by atoms with E-state index in [9.17, 15) is 4.79 Å². The second-order valence-electron chi connectivity index (χ2n) is 4.77. The fourth-order valence-corrected chi connectivity index (χ4v) is 1.77. The van der Waals surface area contributed by atoms with Crippen molar-refractivity contribution >= 4 is 11.6 Å². The summed E-state index contributed by atoms with van der Waals surface area (Å²) in [6, 6.07) is 7.90. The lowest BCUT2D eigenvalue weighted by Crippen LogP contribution is -2.19. The smallest absolute Gasteiger partial charge is 0.224 e. The van der Waals surface area contributed by atoms with E-state index in [4.69, 9.17) is 0 Å². The highest BCUT2D eigenvalue weighted by Gasteiger charge is 2.02. The van der Waals surface area contributed by atoms with Crippen molar-refractivity contribution in [1.82, 2.24) is 4.90 Å². The van der Waals surface area contributed by atoms with Gasteiger partial charge in [0.15, 0.2) is 0 Å². The largest absolute Gasteiger partial charge is 0.326 e. The van der Waals surface area contributed by atoms with Gasteiger partial charge in [0.25, 0.3) is 0 Å². The van der Waals surface area contributed by atoms with Crippen LogP contribution < -0.4 is 5.32 Å². The quantitative estimate of drug-likeness (QED) is 0.752. The van der Waals surface area contributed by atoms with Crippen LogP contribution in [0.15, 0.2) is 24.3 Å². The normalized spacial score (nSPS) is 10.7. The number of amides is 1. The Hall–Kier alpha value is -1.35. The first kappa shape index (κ1) is 14.7. The van der Waals surface area contributed by atoms with E-state index >= 15 is 0 Å². The monoisotopic (exact) mass is 248 g/mol. The van der Waals surface area contributed by atoms with Gasteiger partial charge in [-0.3, -0.25) is 4.79 Å². The number of carbonyl (C=O) groups excluding carboxylic acids is 1. The minimum Gasteiger partial charge on any atom is -0.326 e. The van der Waals surface area contributed by atoms with E-state index in [1.165, 1.54) is 0 Å². The zero-order chi connectivity index (χ0) is 13.4. The van der Waals surface area contributed by atoms with Crippen molar-refractivity contribution in [2.24, 2.45) is 0 Å². The third kappa shape index (κ3) is 5.82. The van der Waals surface area contributed by atoms with Crippen LogP contribution in [0.4, 0.5) is 5.69 Å². The molecule has 1 aromatic rings. The molecule has 0 fully saturated rings. The highest BCUT2D eigenvalue weighted by molar-refractivity contribution is 5.90. The third-order valence-corrected chi connectivity index (χ3v) is 3.04. The number of unbranched alkanes of at least 4 members (excludes halogenated alkanes) is 1. The minimum absolute atomic E-state index is 0.111. The van der Waals surface area contributed by atoms with Gasteiger partial charge in [0, 0.05) is 12.1 Å². The van der Waals surface area contributed by atoms with Crippen molar-refractivity contribution in [3.63, 3.8) is 0 Å². The number of benzene rings is 1. The van der Waals surface area contributed by atoms with E-state index in [0.717, 1.165) is 37.2 Å². The van der Waals surface area contributed by atoms with Gasteiger partial charge in [-0.05, 0) is 57.6 Å². The number of aryl methyl sites for hydroxylation is 1. The van der Waals surface area contributed by atoms with Crippen LogP contribution in [0.3, 0.4) is 0 Å². The molecule has 0 aliphatic carbocycles. The van der Waals surface area contributed by atoms with E-state index in [0.29, 0.717) is 6.42 Å². The van der Waals surface area contributed by atoms with Crippen molar-refractivity contribution in [1.29, 1.82) is 0 Å². The zero-order valence-electron chi connectivity index (χ0n) is 11.7. The average Bonchev–Trinajstić information content (AvgIpc) is 2.34. The molecule has 1 rings (SSSR count). The minimum atomic E-state index is 0.111. The van der Waals surface area contributed by atoms with Crippen molar-refractivity contribution < 1.29 is 4.79 Å². The Kier molecular flexibility index (Phi) is 6.44. The molecule has 0 radical (unpaired) electrons. The molecule has 0 aliphatic heterocycles. The van der Waals surface area contributed by atoms with Crippen LogP contribution in [0.5, 0.6) is 0 Å². The van der Waals surface area contributed by atoms with Crippen LogP contribution >= 0.6 is 0 Å². The van der Waals surface area contributed by atoms with Crippen LogP contribution in [0.25, 0.3) is 0 Å². The maximum absolute atomic E-state index is 11.7. The van der Waals surface area contributed by atoms with Gasteiger partial charge in [0.2, 0.25) is 5.91 Å². The van der Waals surface area contributed by atoms with Crippen LogP contribution in [-0.2, 0) is 4.79 Å². The van der Waals surface area contributed by atoms with Gasteiger partial charge in [-0.1, -0.05) is 19.1 Å². The van der Waals surface area contributed by atoms with Crippen molar-refractivity contribution in [3.05, 3.63) is 29.8 Å². The molecule has 0 aliphatic rings. The average molecular weight is 248 g/mol. The van der Waals surface area contributed by atoms with Crippen molar-refractivity contribution in [2.45, 2.75) is 33.1 Å². The van der Waals surface area contributed by atoms with E-state index in [1.807, 2.05) is 31.2 Å². The van der Waals surface area contributed by atoms with Crippen LogP contribution in [0.2, 0.25) is 0 Å². The molecular formula is C15H24N2O. The summed E-state index contributed by atoms with van der Waals surface area (Å²) in [5.41, 5.74) is 2.06. The first-order valence-electron chi connectivity index (χ1n) is 6.67. The fourth-order valence-electron chi connectivity index (χ4n) is 1.77. The van der Waals surface area contributed by atoms with E-state index in [1.54, 1.807) is 0 Å². The highest BCUT2D eigenvalue weighted by Crippen LogP contribution is 2.10. The molecule has 0 heterocycles. The molecule has 0 spiro atoms. The van der Waals surface area contributed by atoms with Crippen LogP contribution in [-0.4, -0.2) is 30.9 Å². The predicted molar refractivity (Wildman–Crippen MR) is 76.8 cm³/mol. The van der Waals surface area contributed by atoms with Crippen molar-refractivity contribution in [3.8, 4) is 0 Å². The molecule has 0 atom stereocenters. The molecule has 0 saturated carbocycles. The molecule has 1 amide bonds. The second-order valence-corrected chi connectivity index (χ2v) is 4.77. The third-order valence-electron chi connectivity index (χ3n) is 3.04. The Balaban J connectivity index is 2.22. The lowest BCUT2D eigenvalue weighted by molar-refractivity contribution is -0.116. The molecule has 0 saturated heterocycles. The zero-order valence-corrected chi connectivity index (χ0v) is 11.7. The van der Waals surface area contributed by atoms with Gasteiger partial charge in [0.1, 0.15) is 0 Å². The van der Waals surface area contributed by atoms with Gasteiger partial charge in [-0.25, -0.2) is 0 Å². The SMILES string of the molecule is CCN(C)CCCCC(=O)Nc1cccc(C)c1. The van der Waals surface area contributed by atoms with Gasteiger partial charge in [-0.15, -0.1) is 0 Å². The Morgan fingerprint density at radius 2 is 2.11 bits per heavy atom. The van der Waals surface area contributed by atoms with Crippen LogP contribution in [0, 0.1) is 6.92 Å². The lowest BCUT2D eigenvalue weighted by atomic mass is 10.2. The second kappa shape index (κ2) is 7.88. The Morgan fingerprint density at radius 1 is 1.33 bits per heavy atom. The topological polar surface area (TPSA) is 32.3 Å². The lowest BCUT2D eigenvalue weighted by Gasteiger charge is -2.13. The molecule has 0 unspecified atom stereocenters. The number of nitrogens with one attached hydrogen (secondary N) is 1. The first-order valence-corrected chi connectivity index (χ1v) is 6.67. The number of nitrogens with zero attached hydrogens (tertiary/aromatic N) is 1. The number of hydrogen-bond donors (Lipinski definition) is 1. The Morgan fingerprint density at radius 3 is 2.78 bits per heavy atom. The molecule has 3 heteroatoms. The summed E-state index contributed by atoms with van der Waals surface area (Å²) >= 11 is 0. The summed E-state index contributed by atoms with van der Waals surface area (Å²) in [6.07, 6.45) is 2.62. The Labute approximate surface area is 110 Å². The number of hydrogen-bond acceptors (Lipinski definition) is 2. The Bertz CT molecular complexity index is 377. The molecule has 100 valence electrons. The maximum Gasteiger partial charge on any atom is 0.224 e. The summed E-state index contributed by atoms with van der Waals surface area (Å²) in [5.74, 6) is 0.111. The van der Waals surface area contributed by atoms with Crippen molar-refractivity contribution in [2.75, 3.05) is 25.5 Å². The number of carbonyl (C=O) groups is 1. The predicted octanol–water partition coefficient (Wildman–Crippen LogP) is 3.06. The van der Waals surface area contributed by atoms with E-state index in [2.05, 4.69) is 24.2 Å². The highest BCUT2D eigenvalue weighted by atomic mass is 16.1. The molecule has 18 heavy (non-hydrogen) atoms. The fraction of sp³-hybridized carbons (Fsp3) is 0.533. The van der Waals surface area contributed by atoms with E-state index < -0.39 is 0 Å². The first-order chi connectivity index (χ1) is 8.61. The molecule has 0 aromatic heterocycles. The summed E-state index contributed by atoms with van der Waals surface area (Å²) in [7, 11) is 2.10. The number of anilines is 1. The van der Waals surface area contributed by atoms with Gasteiger partial charge >= 0.3 is 0 Å². The van der Waals surface area contributed by atoms with Gasteiger partial charge in [-0.2, -0.15) is 0 Å². The van der Waals surface area contributed by atoms with E-state index in [-0.39, 0.29) is 5.91 Å². The molecule has 0 bridgehead atoms. The molecule has 3 nitrogen and oxygen atoms in total. The van der Waals surface area contributed by atoms with Gasteiger partial charge in [0.05, 0.1) is 0 Å². The van der Waals surface area contributed by atoms with Crippen LogP contribution in [0.1, 0.15) is 31.7 Å². The standard InChI is InChI=1S/C15H24N2O/c1-4-17(3)11-6-5-10-15(18)16-14-9-7-8-13(2)12-14/h7-9,12H,4-6,10-11H2,1-3H3,(H,16,18). The van der Waals surface area contributed by atoms with Gasteiger partial charge < -0.3 is 10.2 Å². The maximum atomic E-state index is 11.7. The number of rotatable bonds is 7. The summed E-state index contributed by atoms with van der Waals surface area (Å²) in [5, 5.41) is 2.93. The molecule has 1 aromatic carbocycles.